The highest BCUT2D eigenvalue weighted by atomic mass is 35.5. The first kappa shape index (κ1) is 20.2. The van der Waals surface area contributed by atoms with E-state index < -0.39 is 16.4 Å². The highest BCUT2D eigenvalue weighted by Gasteiger charge is 2.31. The fourth-order valence-corrected chi connectivity index (χ4v) is 2.79. The van der Waals surface area contributed by atoms with Crippen molar-refractivity contribution in [2.45, 2.75) is 24.3 Å². The van der Waals surface area contributed by atoms with Crippen LogP contribution in [0.2, 0.25) is 0 Å². The molecule has 1 unspecified atom stereocenters. The van der Waals surface area contributed by atoms with Gasteiger partial charge in [-0.1, -0.05) is 0 Å². The maximum atomic E-state index is 12.1. The van der Waals surface area contributed by atoms with Gasteiger partial charge in [-0.2, -0.15) is 5.26 Å². The third kappa shape index (κ3) is 6.33. The molecule has 1 amide bonds. The van der Waals surface area contributed by atoms with Gasteiger partial charge >= 0.3 is 0 Å². The Hall–Kier alpha value is -1.77. The first-order valence-corrected chi connectivity index (χ1v) is 7.30. The molecule has 0 aromatic rings. The maximum Gasteiger partial charge on any atom is 0.266 e. The van der Waals surface area contributed by atoms with E-state index in [1.54, 1.807) is 0 Å². The molecule has 0 aromatic heterocycles. The minimum Gasteiger partial charge on any atom is -0.365 e. The van der Waals surface area contributed by atoms with Gasteiger partial charge in [0.15, 0.2) is 10.4 Å². The quantitative estimate of drug-likeness (QED) is 0.181. The van der Waals surface area contributed by atoms with Crippen LogP contribution in [0.3, 0.4) is 0 Å². The third-order valence-electron chi connectivity index (χ3n) is 2.79. The van der Waals surface area contributed by atoms with Gasteiger partial charge in [0.2, 0.25) is 5.91 Å². The van der Waals surface area contributed by atoms with Crippen LogP contribution >= 0.6 is 24.2 Å². The number of nitrogens with zero attached hydrogens (tertiary/aromatic N) is 4. The van der Waals surface area contributed by atoms with Gasteiger partial charge in [-0.15, -0.1) is 24.2 Å². The second kappa shape index (κ2) is 10.0. The molecular formula is C10H18ClN7O3S. The van der Waals surface area contributed by atoms with Crippen molar-refractivity contribution >= 4 is 36.0 Å². The molecule has 0 aromatic carbocycles. The molecule has 1 saturated heterocycles. The van der Waals surface area contributed by atoms with E-state index in [0.29, 0.717) is 25.9 Å². The summed E-state index contributed by atoms with van der Waals surface area (Å²) < 4.78 is 0. The molecule has 1 aliphatic rings. The smallest absolute Gasteiger partial charge is 0.266 e. The van der Waals surface area contributed by atoms with Crippen LogP contribution < -0.4 is 16.8 Å². The van der Waals surface area contributed by atoms with Gasteiger partial charge in [-0.25, -0.2) is 10.1 Å². The topological polar surface area (TPSA) is 164 Å². The fraction of sp³-hybridized carbons (Fsp3) is 0.700. The van der Waals surface area contributed by atoms with Crippen LogP contribution in [0.5, 0.6) is 0 Å². The third-order valence-corrected chi connectivity index (χ3v) is 3.88. The van der Waals surface area contributed by atoms with Crippen LogP contribution in [-0.4, -0.2) is 52.1 Å². The second-order valence-corrected chi connectivity index (χ2v) is 5.47. The van der Waals surface area contributed by atoms with E-state index in [4.69, 9.17) is 16.7 Å². The zero-order valence-electron chi connectivity index (χ0n) is 11.7. The monoisotopic (exact) mass is 351 g/mol. The molecule has 10 nitrogen and oxygen atoms in total. The molecule has 0 saturated carbocycles. The largest absolute Gasteiger partial charge is 0.365 e. The van der Waals surface area contributed by atoms with Crippen molar-refractivity contribution in [3.63, 3.8) is 0 Å². The summed E-state index contributed by atoms with van der Waals surface area (Å²) >= 11 is 1.41. The van der Waals surface area contributed by atoms with Gasteiger partial charge in [-0.3, -0.25) is 4.79 Å². The van der Waals surface area contributed by atoms with Crippen molar-refractivity contribution in [2.75, 3.05) is 18.8 Å². The number of nitrogens with two attached hydrogens (primary N) is 2. The predicted octanol–water partition coefficient (Wildman–Crippen LogP) is -0.963. The molecule has 1 heterocycles. The maximum absolute atomic E-state index is 12.1. The van der Waals surface area contributed by atoms with Crippen LogP contribution in [0.4, 0.5) is 0 Å². The van der Waals surface area contributed by atoms with Crippen LogP contribution in [0.1, 0.15) is 12.8 Å². The lowest BCUT2D eigenvalue weighted by Crippen LogP contribution is -2.45. The van der Waals surface area contributed by atoms with Crippen molar-refractivity contribution in [2.24, 2.45) is 16.6 Å². The van der Waals surface area contributed by atoms with Crippen molar-refractivity contribution in [1.82, 2.24) is 10.2 Å². The first-order chi connectivity index (χ1) is 9.95. The Morgan fingerprint density at radius 3 is 2.95 bits per heavy atom. The summed E-state index contributed by atoms with van der Waals surface area (Å²) in [4.78, 5) is 23.6. The lowest BCUT2D eigenvalue weighted by atomic mass is 10.1. The van der Waals surface area contributed by atoms with E-state index in [1.165, 1.54) is 16.7 Å². The van der Waals surface area contributed by atoms with E-state index in [9.17, 15) is 14.9 Å². The average molecular weight is 352 g/mol. The number of amides is 1. The highest BCUT2D eigenvalue weighted by Crippen LogP contribution is 2.23. The summed E-state index contributed by atoms with van der Waals surface area (Å²) in [5.74, 6) is 0.186. The molecule has 124 valence electrons. The number of nitro groups is 1. The Morgan fingerprint density at radius 1 is 1.68 bits per heavy atom. The number of hydrazone groups is 1. The Balaban J connectivity index is 0.00000441. The Morgan fingerprint density at radius 2 is 2.36 bits per heavy atom. The summed E-state index contributed by atoms with van der Waals surface area (Å²) in [6.45, 7) is 0.844. The number of hydrogen-bond acceptors (Lipinski definition) is 6. The molecule has 5 N–H and O–H groups in total. The molecule has 0 radical (unpaired) electrons. The minimum absolute atomic E-state index is 0. The molecule has 2 atom stereocenters. The zero-order valence-corrected chi connectivity index (χ0v) is 13.3. The van der Waals surface area contributed by atoms with E-state index >= 15 is 0 Å². The molecule has 1 rings (SSSR count). The normalized spacial score (nSPS) is 19.0. The van der Waals surface area contributed by atoms with Gasteiger partial charge in [-0.05, 0) is 12.8 Å². The number of thioether (sulfide) groups is 1. The Labute approximate surface area is 137 Å². The standard InChI is InChI=1S/C10H17N7O3S.ClH/c11-6-8-16(4-5-21-8)9(18)7(12)2-1-3-14-10(13)15-17(19)20;/h7-8H,1-5,12H2,(H3,13,14,15);1H/t7-,8?;/m0./s1. The first-order valence-electron chi connectivity index (χ1n) is 6.25. The predicted molar refractivity (Wildman–Crippen MR) is 84.6 cm³/mol. The van der Waals surface area contributed by atoms with Crippen molar-refractivity contribution in [1.29, 1.82) is 5.26 Å². The number of halogens is 1. The van der Waals surface area contributed by atoms with Crippen molar-refractivity contribution < 1.29 is 9.83 Å². The molecular weight excluding hydrogens is 334 g/mol. The van der Waals surface area contributed by atoms with Gasteiger partial charge in [0.1, 0.15) is 5.10 Å². The second-order valence-electron chi connectivity index (χ2n) is 4.28. The van der Waals surface area contributed by atoms with E-state index in [1.807, 2.05) is 0 Å². The highest BCUT2D eigenvalue weighted by molar-refractivity contribution is 8.00. The summed E-state index contributed by atoms with van der Waals surface area (Å²) in [5.41, 5.74) is 11.0. The van der Waals surface area contributed by atoms with Gasteiger partial charge < -0.3 is 21.7 Å². The SMILES string of the molecule is Cl.N#CC1SCCN1C(=O)[C@@H](N)CCCNC(N)=N[N+](=O)[O-]. The number of rotatable bonds is 6. The minimum atomic E-state index is -0.898. The summed E-state index contributed by atoms with van der Waals surface area (Å²) in [6, 6.07) is 1.36. The molecule has 0 aliphatic carbocycles. The van der Waals surface area contributed by atoms with Gasteiger partial charge in [0.05, 0.1) is 12.1 Å². The summed E-state index contributed by atoms with van der Waals surface area (Å²) in [7, 11) is 0. The number of nitriles is 1. The molecule has 22 heavy (non-hydrogen) atoms. The van der Waals surface area contributed by atoms with Crippen LogP contribution in [-0.2, 0) is 4.79 Å². The van der Waals surface area contributed by atoms with Gasteiger partial charge in [0, 0.05) is 18.8 Å². The number of carbonyl (C=O) groups excluding carboxylic acids is 1. The Kier molecular flexibility index (Phi) is 9.23. The van der Waals surface area contributed by atoms with Crippen LogP contribution in [0, 0.1) is 21.4 Å². The van der Waals surface area contributed by atoms with E-state index in [2.05, 4.69) is 16.5 Å². The number of nitrogens with one attached hydrogen (secondary N) is 1. The summed E-state index contributed by atoms with van der Waals surface area (Å²) in [5, 5.41) is 23.0. The molecule has 1 fully saturated rings. The molecule has 1 aliphatic heterocycles. The molecule has 0 bridgehead atoms. The van der Waals surface area contributed by atoms with Crippen LogP contribution in [0.15, 0.2) is 5.10 Å². The number of carbonyl (C=O) groups is 1. The number of hydrogen-bond donors (Lipinski definition) is 3. The van der Waals surface area contributed by atoms with Crippen LogP contribution in [0.25, 0.3) is 0 Å². The van der Waals surface area contributed by atoms with Gasteiger partial charge in [0.25, 0.3) is 5.96 Å². The van der Waals surface area contributed by atoms with Crippen molar-refractivity contribution in [3.05, 3.63) is 10.1 Å². The van der Waals surface area contributed by atoms with E-state index in [0.717, 1.165) is 5.75 Å². The average Bonchev–Trinajstić information content (AvgIpc) is 2.90. The van der Waals surface area contributed by atoms with Crippen molar-refractivity contribution in [3.8, 4) is 6.07 Å². The summed E-state index contributed by atoms with van der Waals surface area (Å²) in [6.07, 6.45) is 0.885. The lowest BCUT2D eigenvalue weighted by molar-refractivity contribution is -0.485. The lowest BCUT2D eigenvalue weighted by Gasteiger charge is -2.22. The molecule has 12 heteroatoms. The molecule has 0 spiro atoms. The van der Waals surface area contributed by atoms with E-state index in [-0.39, 0.29) is 24.3 Å². The number of guanidine groups is 1. The fourth-order valence-electron chi connectivity index (χ4n) is 1.80. The Bertz CT molecular complexity index is 470. The zero-order chi connectivity index (χ0) is 15.8.